The lowest BCUT2D eigenvalue weighted by Gasteiger charge is -2.05. The fourth-order valence-electron chi connectivity index (χ4n) is 1.42. The largest absolute Gasteiger partial charge is 0.352 e. The summed E-state index contributed by atoms with van der Waals surface area (Å²) in [6, 6.07) is 12.0. The maximum Gasteiger partial charge on any atom is 0.243 e. The van der Waals surface area contributed by atoms with Gasteiger partial charge in [0.15, 0.2) is 0 Å². The number of nitrogens with one attached hydrogen (secondary N) is 1. The van der Waals surface area contributed by atoms with Crippen LogP contribution in [0.3, 0.4) is 0 Å². The van der Waals surface area contributed by atoms with Gasteiger partial charge in [0, 0.05) is 6.54 Å². The summed E-state index contributed by atoms with van der Waals surface area (Å²) in [7, 11) is 0. The summed E-state index contributed by atoms with van der Waals surface area (Å²) >= 11 is 0. The van der Waals surface area contributed by atoms with Crippen molar-refractivity contribution >= 4 is 5.95 Å². The molecule has 2 rings (SSSR count). The first kappa shape index (κ1) is 11.1. The SMILES string of the molecule is N#CCCNc1nnnn1Cc1ccccc1. The molecule has 17 heavy (non-hydrogen) atoms. The minimum Gasteiger partial charge on any atom is -0.352 e. The van der Waals surface area contributed by atoms with Gasteiger partial charge in [-0.25, -0.2) is 4.68 Å². The van der Waals surface area contributed by atoms with Crippen LogP contribution in [0.25, 0.3) is 0 Å². The van der Waals surface area contributed by atoms with Crippen molar-refractivity contribution in [1.29, 1.82) is 5.26 Å². The van der Waals surface area contributed by atoms with E-state index < -0.39 is 0 Å². The Morgan fingerprint density at radius 3 is 2.88 bits per heavy atom. The summed E-state index contributed by atoms with van der Waals surface area (Å²) in [6.45, 7) is 1.16. The van der Waals surface area contributed by atoms with Gasteiger partial charge in [0.2, 0.25) is 5.95 Å². The Morgan fingerprint density at radius 1 is 1.29 bits per heavy atom. The van der Waals surface area contributed by atoms with Crippen LogP contribution >= 0.6 is 0 Å². The quantitative estimate of drug-likeness (QED) is 0.774. The van der Waals surface area contributed by atoms with Gasteiger partial charge in [0.25, 0.3) is 0 Å². The van der Waals surface area contributed by atoms with E-state index in [1.807, 2.05) is 30.3 Å². The summed E-state index contributed by atoms with van der Waals surface area (Å²) in [4.78, 5) is 0. The molecule has 6 heteroatoms. The zero-order chi connectivity index (χ0) is 11.9. The Hall–Kier alpha value is -2.42. The van der Waals surface area contributed by atoms with Crippen LogP contribution in [0, 0.1) is 11.3 Å². The number of anilines is 1. The maximum absolute atomic E-state index is 8.45. The molecule has 0 unspecified atom stereocenters. The highest BCUT2D eigenvalue weighted by atomic mass is 15.6. The van der Waals surface area contributed by atoms with E-state index >= 15 is 0 Å². The van der Waals surface area contributed by atoms with Crippen molar-refractivity contribution < 1.29 is 0 Å². The van der Waals surface area contributed by atoms with Gasteiger partial charge in [-0.05, 0) is 16.0 Å². The van der Waals surface area contributed by atoms with E-state index in [2.05, 4.69) is 26.9 Å². The normalized spacial score (nSPS) is 9.82. The van der Waals surface area contributed by atoms with E-state index in [-0.39, 0.29) is 0 Å². The lowest BCUT2D eigenvalue weighted by Crippen LogP contribution is -2.10. The molecule has 0 aliphatic carbocycles. The van der Waals surface area contributed by atoms with Crippen LogP contribution in [0.5, 0.6) is 0 Å². The minimum atomic E-state index is 0.429. The first-order valence-electron chi connectivity index (χ1n) is 5.31. The number of benzene rings is 1. The molecule has 0 radical (unpaired) electrons. The van der Waals surface area contributed by atoms with E-state index in [1.165, 1.54) is 0 Å². The highest BCUT2D eigenvalue weighted by Gasteiger charge is 2.05. The Balaban J connectivity index is 2.02. The molecule has 1 aromatic carbocycles. The predicted molar refractivity (Wildman–Crippen MR) is 62.1 cm³/mol. The molecule has 0 aliphatic heterocycles. The molecule has 0 spiro atoms. The van der Waals surface area contributed by atoms with Crippen LogP contribution in [-0.2, 0) is 6.54 Å². The van der Waals surface area contributed by atoms with Crippen molar-refractivity contribution in [3.05, 3.63) is 35.9 Å². The van der Waals surface area contributed by atoms with Crippen LogP contribution < -0.4 is 5.32 Å². The van der Waals surface area contributed by atoms with Gasteiger partial charge in [0.1, 0.15) is 0 Å². The molecule has 0 aliphatic rings. The number of hydrogen-bond acceptors (Lipinski definition) is 5. The third-order valence-corrected chi connectivity index (χ3v) is 2.23. The number of tetrazole rings is 1. The maximum atomic E-state index is 8.45. The van der Waals surface area contributed by atoms with E-state index in [1.54, 1.807) is 4.68 Å². The molecule has 0 bridgehead atoms. The van der Waals surface area contributed by atoms with Crippen LogP contribution in [0.1, 0.15) is 12.0 Å². The predicted octanol–water partition coefficient (Wildman–Crippen LogP) is 1.05. The van der Waals surface area contributed by atoms with Gasteiger partial charge in [-0.3, -0.25) is 0 Å². The zero-order valence-corrected chi connectivity index (χ0v) is 9.24. The van der Waals surface area contributed by atoms with E-state index in [0.29, 0.717) is 25.5 Å². The number of rotatable bonds is 5. The molecular weight excluding hydrogens is 216 g/mol. The second-order valence-electron chi connectivity index (χ2n) is 3.48. The van der Waals surface area contributed by atoms with Crippen molar-refractivity contribution in [1.82, 2.24) is 20.2 Å². The average Bonchev–Trinajstić information content (AvgIpc) is 2.79. The number of hydrogen-bond donors (Lipinski definition) is 1. The highest BCUT2D eigenvalue weighted by Crippen LogP contribution is 2.05. The van der Waals surface area contributed by atoms with Crippen molar-refractivity contribution in [2.24, 2.45) is 0 Å². The second kappa shape index (κ2) is 5.61. The van der Waals surface area contributed by atoms with E-state index in [4.69, 9.17) is 5.26 Å². The van der Waals surface area contributed by atoms with Crippen LogP contribution in [0.15, 0.2) is 30.3 Å². The first-order valence-corrected chi connectivity index (χ1v) is 5.31. The summed E-state index contributed by atoms with van der Waals surface area (Å²) in [5.41, 5.74) is 1.13. The summed E-state index contributed by atoms with van der Waals surface area (Å²) in [6.07, 6.45) is 0.429. The van der Waals surface area contributed by atoms with Crippen molar-refractivity contribution in [3.8, 4) is 6.07 Å². The van der Waals surface area contributed by atoms with Gasteiger partial charge in [-0.1, -0.05) is 35.4 Å². The molecule has 0 saturated carbocycles. The number of nitriles is 1. The van der Waals surface area contributed by atoms with Crippen LogP contribution in [0.4, 0.5) is 5.95 Å². The molecule has 2 aromatic rings. The van der Waals surface area contributed by atoms with Crippen LogP contribution in [-0.4, -0.2) is 26.8 Å². The molecule has 6 nitrogen and oxygen atoms in total. The van der Waals surface area contributed by atoms with Gasteiger partial charge in [-0.2, -0.15) is 5.26 Å². The molecule has 0 fully saturated rings. The smallest absolute Gasteiger partial charge is 0.243 e. The molecule has 1 heterocycles. The molecule has 86 valence electrons. The van der Waals surface area contributed by atoms with Crippen LogP contribution in [0.2, 0.25) is 0 Å². The Morgan fingerprint density at radius 2 is 2.12 bits per heavy atom. The Bertz CT molecular complexity index is 498. The Kier molecular flexibility index (Phi) is 3.65. The fraction of sp³-hybridized carbons (Fsp3) is 0.273. The van der Waals surface area contributed by atoms with Gasteiger partial charge >= 0.3 is 0 Å². The van der Waals surface area contributed by atoms with Crippen molar-refractivity contribution in [3.63, 3.8) is 0 Å². The molecule has 0 atom stereocenters. The minimum absolute atomic E-state index is 0.429. The van der Waals surface area contributed by atoms with Gasteiger partial charge in [-0.15, -0.1) is 0 Å². The molecule has 1 N–H and O–H groups in total. The Labute approximate surface area is 98.9 Å². The van der Waals surface area contributed by atoms with E-state index in [0.717, 1.165) is 5.56 Å². The standard InChI is InChI=1S/C11H12N6/c12-7-4-8-13-11-14-15-16-17(11)9-10-5-2-1-3-6-10/h1-3,5-6H,4,8-9H2,(H,13,14,16). The fourth-order valence-corrected chi connectivity index (χ4v) is 1.42. The monoisotopic (exact) mass is 228 g/mol. The average molecular weight is 228 g/mol. The molecule has 1 aromatic heterocycles. The summed E-state index contributed by atoms with van der Waals surface area (Å²) < 4.78 is 1.67. The van der Waals surface area contributed by atoms with E-state index in [9.17, 15) is 0 Å². The third kappa shape index (κ3) is 3.01. The molecule has 0 amide bonds. The zero-order valence-electron chi connectivity index (χ0n) is 9.24. The lowest BCUT2D eigenvalue weighted by atomic mass is 10.2. The number of nitrogens with zero attached hydrogens (tertiary/aromatic N) is 5. The topological polar surface area (TPSA) is 79.4 Å². The summed E-state index contributed by atoms with van der Waals surface area (Å²) in [5.74, 6) is 0.587. The van der Waals surface area contributed by atoms with Gasteiger partial charge in [0.05, 0.1) is 19.0 Å². The van der Waals surface area contributed by atoms with Crippen molar-refractivity contribution in [2.75, 3.05) is 11.9 Å². The lowest BCUT2D eigenvalue weighted by molar-refractivity contribution is 0.651. The molecular formula is C11H12N6. The number of aromatic nitrogens is 4. The third-order valence-electron chi connectivity index (χ3n) is 2.23. The molecule has 0 saturated heterocycles. The summed E-state index contributed by atoms with van der Waals surface area (Å²) in [5, 5.41) is 22.9. The first-order chi connectivity index (χ1) is 8.40. The second-order valence-corrected chi connectivity index (χ2v) is 3.48. The van der Waals surface area contributed by atoms with Gasteiger partial charge < -0.3 is 5.32 Å². The van der Waals surface area contributed by atoms with Crippen molar-refractivity contribution in [2.45, 2.75) is 13.0 Å². The highest BCUT2D eigenvalue weighted by molar-refractivity contribution is 5.24.